The van der Waals surface area contributed by atoms with Crippen LogP contribution in [0.2, 0.25) is 0 Å². The Balaban J connectivity index is 3.03. The van der Waals surface area contributed by atoms with Gasteiger partial charge in [-0.3, -0.25) is 0 Å². The Morgan fingerprint density at radius 3 is 2.47 bits per heavy atom. The van der Waals surface area contributed by atoms with E-state index in [1.165, 1.54) is 5.56 Å². The van der Waals surface area contributed by atoms with Crippen LogP contribution in [0, 0.1) is 5.92 Å². The first-order chi connectivity index (χ1) is 8.94. The van der Waals surface area contributed by atoms with Gasteiger partial charge in [0.25, 0.3) is 0 Å². The van der Waals surface area contributed by atoms with Gasteiger partial charge in [-0.1, -0.05) is 31.6 Å². The standard InChI is InChI=1S/C15H24O2S2/c1-11(10-19-18)9-15(2,3)13-8-12(16-4)6-7-14(13)17-5/h6-8,11,18H,9-10H2,1-5H3. The molecule has 108 valence electrons. The first kappa shape index (κ1) is 16.6. The van der Waals surface area contributed by atoms with Crippen LogP contribution in [0.15, 0.2) is 18.2 Å². The maximum absolute atomic E-state index is 5.50. The fourth-order valence-corrected chi connectivity index (χ4v) is 3.65. The average molecular weight is 300 g/mol. The molecule has 0 spiro atoms. The summed E-state index contributed by atoms with van der Waals surface area (Å²) < 4.78 is 10.8. The topological polar surface area (TPSA) is 18.5 Å². The zero-order chi connectivity index (χ0) is 14.5. The van der Waals surface area contributed by atoms with Crippen molar-refractivity contribution in [3.05, 3.63) is 23.8 Å². The quantitative estimate of drug-likeness (QED) is 0.587. The molecule has 0 saturated heterocycles. The van der Waals surface area contributed by atoms with E-state index in [2.05, 4.69) is 38.5 Å². The van der Waals surface area contributed by atoms with E-state index >= 15 is 0 Å². The van der Waals surface area contributed by atoms with Crippen molar-refractivity contribution in [2.24, 2.45) is 5.92 Å². The summed E-state index contributed by atoms with van der Waals surface area (Å²) in [5.74, 6) is 3.46. The molecule has 1 aromatic carbocycles. The Labute approximate surface area is 126 Å². The minimum Gasteiger partial charge on any atom is -0.497 e. The van der Waals surface area contributed by atoms with E-state index in [1.807, 2.05) is 12.1 Å². The van der Waals surface area contributed by atoms with E-state index in [9.17, 15) is 0 Å². The molecule has 0 radical (unpaired) electrons. The third-order valence-corrected chi connectivity index (χ3v) is 4.52. The molecule has 1 atom stereocenters. The second-order valence-corrected chi connectivity index (χ2v) is 6.92. The fourth-order valence-electron chi connectivity index (χ4n) is 2.51. The maximum atomic E-state index is 5.50. The summed E-state index contributed by atoms with van der Waals surface area (Å²) in [5, 5.41) is 0. The SMILES string of the molecule is COc1ccc(OC)c(C(C)(C)CC(C)CSS)c1. The predicted molar refractivity (Wildman–Crippen MR) is 87.8 cm³/mol. The molecule has 0 bridgehead atoms. The summed E-state index contributed by atoms with van der Waals surface area (Å²) in [6.45, 7) is 6.77. The van der Waals surface area contributed by atoms with Gasteiger partial charge in [-0.2, -0.15) is 0 Å². The van der Waals surface area contributed by atoms with Crippen LogP contribution in [-0.2, 0) is 5.41 Å². The number of ether oxygens (including phenoxy) is 2. The van der Waals surface area contributed by atoms with E-state index in [1.54, 1.807) is 25.0 Å². The highest BCUT2D eigenvalue weighted by Crippen LogP contribution is 2.39. The molecule has 0 aliphatic rings. The van der Waals surface area contributed by atoms with Gasteiger partial charge < -0.3 is 9.47 Å². The Morgan fingerprint density at radius 1 is 1.26 bits per heavy atom. The summed E-state index contributed by atoms with van der Waals surface area (Å²) >= 11 is 4.24. The van der Waals surface area contributed by atoms with Crippen LogP contribution in [0.25, 0.3) is 0 Å². The summed E-state index contributed by atoms with van der Waals surface area (Å²) in [6, 6.07) is 6.00. The van der Waals surface area contributed by atoms with E-state index in [0.29, 0.717) is 5.92 Å². The molecule has 0 fully saturated rings. The van der Waals surface area contributed by atoms with Crippen molar-refractivity contribution in [2.75, 3.05) is 20.0 Å². The van der Waals surface area contributed by atoms with Crippen molar-refractivity contribution in [1.29, 1.82) is 0 Å². The lowest BCUT2D eigenvalue weighted by Crippen LogP contribution is -2.22. The fraction of sp³-hybridized carbons (Fsp3) is 0.600. The highest BCUT2D eigenvalue weighted by Gasteiger charge is 2.27. The van der Waals surface area contributed by atoms with Crippen LogP contribution < -0.4 is 9.47 Å². The molecule has 1 aromatic rings. The largest absolute Gasteiger partial charge is 0.497 e. The van der Waals surface area contributed by atoms with Crippen LogP contribution in [0.5, 0.6) is 11.5 Å². The van der Waals surface area contributed by atoms with E-state index in [0.717, 1.165) is 23.7 Å². The van der Waals surface area contributed by atoms with E-state index in [4.69, 9.17) is 9.47 Å². The summed E-state index contributed by atoms with van der Waals surface area (Å²) in [5.41, 5.74) is 1.24. The molecule has 1 rings (SSSR count). The molecular formula is C15H24O2S2. The molecule has 0 heterocycles. The van der Waals surface area contributed by atoms with Gasteiger partial charge in [0.1, 0.15) is 11.5 Å². The number of hydrogen-bond acceptors (Lipinski definition) is 4. The number of methoxy groups -OCH3 is 2. The van der Waals surface area contributed by atoms with Gasteiger partial charge in [-0.05, 0) is 36.0 Å². The first-order valence-corrected chi connectivity index (χ1v) is 8.47. The van der Waals surface area contributed by atoms with Crippen LogP contribution in [0.4, 0.5) is 0 Å². The van der Waals surface area contributed by atoms with Crippen molar-refractivity contribution in [2.45, 2.75) is 32.6 Å². The molecule has 0 aromatic heterocycles. The normalized spacial score (nSPS) is 13.2. The van der Waals surface area contributed by atoms with Gasteiger partial charge in [-0.15, -0.1) is 11.7 Å². The third-order valence-electron chi connectivity index (χ3n) is 3.35. The molecule has 1 unspecified atom stereocenters. The average Bonchev–Trinajstić information content (AvgIpc) is 2.37. The van der Waals surface area contributed by atoms with Crippen LogP contribution in [-0.4, -0.2) is 20.0 Å². The van der Waals surface area contributed by atoms with Gasteiger partial charge in [0.2, 0.25) is 0 Å². The second-order valence-electron chi connectivity index (χ2n) is 5.56. The Kier molecular flexibility index (Phi) is 6.40. The highest BCUT2D eigenvalue weighted by molar-refractivity contribution is 8.68. The lowest BCUT2D eigenvalue weighted by Gasteiger charge is -2.30. The highest BCUT2D eigenvalue weighted by atomic mass is 33.1. The van der Waals surface area contributed by atoms with Crippen molar-refractivity contribution in [3.63, 3.8) is 0 Å². The molecule has 0 aliphatic carbocycles. The molecule has 19 heavy (non-hydrogen) atoms. The minimum absolute atomic E-state index is 0.0445. The molecule has 0 N–H and O–H groups in total. The second kappa shape index (κ2) is 7.34. The van der Waals surface area contributed by atoms with Crippen molar-refractivity contribution < 1.29 is 9.47 Å². The van der Waals surface area contributed by atoms with Gasteiger partial charge in [0, 0.05) is 11.3 Å². The molecule has 2 nitrogen and oxygen atoms in total. The van der Waals surface area contributed by atoms with E-state index in [-0.39, 0.29) is 5.41 Å². The first-order valence-electron chi connectivity index (χ1n) is 6.43. The van der Waals surface area contributed by atoms with Crippen molar-refractivity contribution in [1.82, 2.24) is 0 Å². The lowest BCUT2D eigenvalue weighted by molar-refractivity contribution is 0.358. The van der Waals surface area contributed by atoms with Gasteiger partial charge >= 0.3 is 0 Å². The van der Waals surface area contributed by atoms with Crippen molar-refractivity contribution in [3.8, 4) is 11.5 Å². The zero-order valence-corrected chi connectivity index (χ0v) is 14.1. The number of rotatable bonds is 7. The summed E-state index contributed by atoms with van der Waals surface area (Å²) in [4.78, 5) is 0. The Morgan fingerprint density at radius 2 is 1.95 bits per heavy atom. The predicted octanol–water partition coefficient (Wildman–Crippen LogP) is 4.59. The van der Waals surface area contributed by atoms with Crippen LogP contribution in [0.3, 0.4) is 0 Å². The summed E-state index contributed by atoms with van der Waals surface area (Å²) in [7, 11) is 5.01. The molecule has 0 aliphatic heterocycles. The van der Waals surface area contributed by atoms with E-state index < -0.39 is 0 Å². The van der Waals surface area contributed by atoms with Gasteiger partial charge in [-0.25, -0.2) is 0 Å². The lowest BCUT2D eigenvalue weighted by atomic mass is 9.77. The summed E-state index contributed by atoms with van der Waals surface area (Å²) in [6.07, 6.45) is 1.09. The van der Waals surface area contributed by atoms with Crippen LogP contribution >= 0.6 is 22.5 Å². The number of hydrogen-bond donors (Lipinski definition) is 1. The number of thiol groups is 1. The minimum atomic E-state index is 0.0445. The number of benzene rings is 1. The molecule has 0 amide bonds. The molecule has 4 heteroatoms. The molecule has 0 saturated carbocycles. The Hall–Kier alpha value is -0.480. The Bertz CT molecular complexity index is 405. The smallest absolute Gasteiger partial charge is 0.122 e. The molecular weight excluding hydrogens is 276 g/mol. The van der Waals surface area contributed by atoms with Gasteiger partial charge in [0.05, 0.1) is 14.2 Å². The van der Waals surface area contributed by atoms with Crippen LogP contribution in [0.1, 0.15) is 32.8 Å². The third kappa shape index (κ3) is 4.53. The van der Waals surface area contributed by atoms with Gasteiger partial charge in [0.15, 0.2) is 0 Å². The zero-order valence-electron chi connectivity index (χ0n) is 12.4. The van der Waals surface area contributed by atoms with Crippen molar-refractivity contribution >= 4 is 22.5 Å². The maximum Gasteiger partial charge on any atom is 0.122 e. The monoisotopic (exact) mass is 300 g/mol.